The summed E-state index contributed by atoms with van der Waals surface area (Å²) in [6.45, 7) is 0.708. The third-order valence-electron chi connectivity index (χ3n) is 3.78. The van der Waals surface area contributed by atoms with Gasteiger partial charge in [0.05, 0.1) is 20.8 Å². The molecule has 0 fully saturated rings. The van der Waals surface area contributed by atoms with Crippen LogP contribution in [0.15, 0.2) is 36.5 Å². The summed E-state index contributed by atoms with van der Waals surface area (Å²) in [5, 5.41) is 0. The fraction of sp³-hybridized carbons (Fsp3) is 0.353. The van der Waals surface area contributed by atoms with Crippen LogP contribution in [0.1, 0.15) is 11.1 Å². The zero-order valence-corrected chi connectivity index (χ0v) is 12.3. The largest absolute Gasteiger partial charge is 0.493 e. The monoisotopic (exact) mass is 285 g/mol. The molecule has 110 valence electrons. The summed E-state index contributed by atoms with van der Waals surface area (Å²) in [5.74, 6) is 2.81. The first-order chi connectivity index (χ1) is 10.3. The highest BCUT2D eigenvalue weighted by Crippen LogP contribution is 2.36. The molecule has 21 heavy (non-hydrogen) atoms. The fourth-order valence-corrected chi connectivity index (χ4v) is 2.73. The Balaban J connectivity index is 1.71. The first kappa shape index (κ1) is 13.7. The Bertz CT molecular complexity index is 610. The van der Waals surface area contributed by atoms with Gasteiger partial charge < -0.3 is 14.2 Å². The van der Waals surface area contributed by atoms with E-state index < -0.39 is 0 Å². The summed E-state index contributed by atoms with van der Waals surface area (Å²) in [4.78, 5) is 4.25. The lowest BCUT2D eigenvalue weighted by molar-refractivity contribution is 0.211. The van der Waals surface area contributed by atoms with Crippen molar-refractivity contribution in [1.82, 2.24) is 4.98 Å². The predicted molar refractivity (Wildman–Crippen MR) is 80.2 cm³/mol. The summed E-state index contributed by atoms with van der Waals surface area (Å²) in [6.07, 6.45) is 3.83. The molecule has 0 radical (unpaired) electrons. The lowest BCUT2D eigenvalue weighted by Crippen LogP contribution is -2.23. The molecule has 0 amide bonds. The standard InChI is InChI=1S/C17H19NO3/c1-19-15-5-3-4-14-9-13(11-21-17(14)15)8-12-6-7-16(20-2)18-10-12/h3-7,10,13H,8-9,11H2,1-2H3/t13-/m1/s1. The predicted octanol–water partition coefficient (Wildman–Crippen LogP) is 2.89. The van der Waals surface area contributed by atoms with E-state index >= 15 is 0 Å². The van der Waals surface area contributed by atoms with Gasteiger partial charge in [0.1, 0.15) is 0 Å². The van der Waals surface area contributed by atoms with Gasteiger partial charge in [0.15, 0.2) is 11.5 Å². The van der Waals surface area contributed by atoms with E-state index in [9.17, 15) is 0 Å². The molecule has 1 aromatic carbocycles. The minimum absolute atomic E-state index is 0.458. The van der Waals surface area contributed by atoms with Gasteiger partial charge in [0, 0.05) is 18.2 Å². The Kier molecular flexibility index (Phi) is 3.95. The number of hydrogen-bond acceptors (Lipinski definition) is 4. The first-order valence-electron chi connectivity index (χ1n) is 7.07. The van der Waals surface area contributed by atoms with Crippen molar-refractivity contribution in [1.29, 1.82) is 0 Å². The van der Waals surface area contributed by atoms with Crippen LogP contribution in [0.3, 0.4) is 0 Å². The molecule has 0 unspecified atom stereocenters. The lowest BCUT2D eigenvalue weighted by Gasteiger charge is -2.26. The van der Waals surface area contributed by atoms with E-state index in [0.29, 0.717) is 18.4 Å². The van der Waals surface area contributed by atoms with Crippen molar-refractivity contribution < 1.29 is 14.2 Å². The average molecular weight is 285 g/mol. The van der Waals surface area contributed by atoms with Gasteiger partial charge in [0.25, 0.3) is 0 Å². The topological polar surface area (TPSA) is 40.6 Å². The van der Waals surface area contributed by atoms with Crippen molar-refractivity contribution >= 4 is 0 Å². The van der Waals surface area contributed by atoms with E-state index in [2.05, 4.69) is 17.1 Å². The molecule has 1 atom stereocenters. The Labute approximate surface area is 124 Å². The Morgan fingerprint density at radius 1 is 1.19 bits per heavy atom. The van der Waals surface area contributed by atoms with Gasteiger partial charge in [-0.15, -0.1) is 0 Å². The van der Waals surface area contributed by atoms with Gasteiger partial charge in [-0.1, -0.05) is 18.2 Å². The van der Waals surface area contributed by atoms with Gasteiger partial charge >= 0.3 is 0 Å². The van der Waals surface area contributed by atoms with Crippen LogP contribution >= 0.6 is 0 Å². The van der Waals surface area contributed by atoms with Crippen LogP contribution in [0.25, 0.3) is 0 Å². The highest BCUT2D eigenvalue weighted by molar-refractivity contribution is 5.47. The van der Waals surface area contributed by atoms with Gasteiger partial charge in [0.2, 0.25) is 5.88 Å². The molecule has 2 heterocycles. The second-order valence-electron chi connectivity index (χ2n) is 5.24. The van der Waals surface area contributed by atoms with E-state index in [-0.39, 0.29) is 0 Å². The molecular weight excluding hydrogens is 266 g/mol. The van der Waals surface area contributed by atoms with Crippen molar-refractivity contribution in [3.63, 3.8) is 0 Å². The van der Waals surface area contributed by atoms with Gasteiger partial charge in [-0.25, -0.2) is 4.98 Å². The number of pyridine rings is 1. The summed E-state index contributed by atoms with van der Waals surface area (Å²) in [7, 11) is 3.30. The molecule has 1 aliphatic rings. The highest BCUT2D eigenvalue weighted by atomic mass is 16.5. The molecule has 4 nitrogen and oxygen atoms in total. The fourth-order valence-electron chi connectivity index (χ4n) is 2.73. The smallest absolute Gasteiger partial charge is 0.212 e. The SMILES string of the molecule is COc1ccc(C[C@H]2COc3c(cccc3OC)C2)cn1. The molecule has 3 rings (SSSR count). The third kappa shape index (κ3) is 2.94. The number of para-hydroxylation sites is 1. The summed E-state index contributed by atoms with van der Waals surface area (Å²) < 4.78 is 16.3. The zero-order valence-electron chi connectivity index (χ0n) is 12.3. The molecule has 0 saturated heterocycles. The normalized spacial score (nSPS) is 16.8. The quantitative estimate of drug-likeness (QED) is 0.866. The molecule has 0 bridgehead atoms. The first-order valence-corrected chi connectivity index (χ1v) is 7.07. The highest BCUT2D eigenvalue weighted by Gasteiger charge is 2.22. The van der Waals surface area contributed by atoms with Crippen molar-refractivity contribution in [3.05, 3.63) is 47.7 Å². The van der Waals surface area contributed by atoms with Crippen molar-refractivity contribution in [3.8, 4) is 17.4 Å². The molecule has 4 heteroatoms. The maximum absolute atomic E-state index is 5.91. The second-order valence-corrected chi connectivity index (χ2v) is 5.24. The molecule has 0 saturated carbocycles. The number of methoxy groups -OCH3 is 2. The molecular formula is C17H19NO3. The molecule has 1 aromatic heterocycles. The van der Waals surface area contributed by atoms with E-state index in [1.54, 1.807) is 14.2 Å². The number of benzene rings is 1. The minimum Gasteiger partial charge on any atom is -0.493 e. The van der Waals surface area contributed by atoms with Crippen LogP contribution in [0.2, 0.25) is 0 Å². The molecule has 2 aromatic rings. The van der Waals surface area contributed by atoms with Gasteiger partial charge in [-0.2, -0.15) is 0 Å². The van der Waals surface area contributed by atoms with Crippen molar-refractivity contribution in [2.24, 2.45) is 5.92 Å². The Morgan fingerprint density at radius 2 is 2.10 bits per heavy atom. The van der Waals surface area contributed by atoms with Crippen LogP contribution in [-0.2, 0) is 12.8 Å². The number of aromatic nitrogens is 1. The lowest BCUT2D eigenvalue weighted by atomic mass is 9.91. The summed E-state index contributed by atoms with van der Waals surface area (Å²) in [5.41, 5.74) is 2.42. The van der Waals surface area contributed by atoms with Gasteiger partial charge in [-0.3, -0.25) is 0 Å². The van der Waals surface area contributed by atoms with Crippen LogP contribution in [0.5, 0.6) is 17.4 Å². The molecule has 1 aliphatic heterocycles. The molecule has 0 spiro atoms. The van der Waals surface area contributed by atoms with E-state index in [1.165, 1.54) is 11.1 Å². The maximum Gasteiger partial charge on any atom is 0.212 e. The number of fused-ring (bicyclic) bond motifs is 1. The third-order valence-corrected chi connectivity index (χ3v) is 3.78. The summed E-state index contributed by atoms with van der Waals surface area (Å²) >= 11 is 0. The number of rotatable bonds is 4. The van der Waals surface area contributed by atoms with Crippen LogP contribution in [0, 0.1) is 5.92 Å². The van der Waals surface area contributed by atoms with Crippen LogP contribution < -0.4 is 14.2 Å². The van der Waals surface area contributed by atoms with Crippen molar-refractivity contribution in [2.45, 2.75) is 12.8 Å². The number of hydrogen-bond donors (Lipinski definition) is 0. The number of ether oxygens (including phenoxy) is 3. The summed E-state index contributed by atoms with van der Waals surface area (Å²) in [6, 6.07) is 10.0. The van der Waals surface area contributed by atoms with Crippen LogP contribution in [0.4, 0.5) is 0 Å². The molecule has 0 aliphatic carbocycles. The zero-order chi connectivity index (χ0) is 14.7. The maximum atomic E-state index is 5.91. The van der Waals surface area contributed by atoms with Crippen molar-refractivity contribution in [2.75, 3.05) is 20.8 Å². The van der Waals surface area contributed by atoms with E-state index in [0.717, 1.165) is 24.3 Å². The minimum atomic E-state index is 0.458. The molecule has 0 N–H and O–H groups in total. The average Bonchev–Trinajstić information content (AvgIpc) is 2.54. The number of nitrogens with zero attached hydrogens (tertiary/aromatic N) is 1. The van der Waals surface area contributed by atoms with E-state index in [1.807, 2.05) is 24.4 Å². The van der Waals surface area contributed by atoms with E-state index in [4.69, 9.17) is 14.2 Å². The Morgan fingerprint density at radius 3 is 2.81 bits per heavy atom. The van der Waals surface area contributed by atoms with Gasteiger partial charge in [-0.05, 0) is 30.0 Å². The van der Waals surface area contributed by atoms with Crippen LogP contribution in [-0.4, -0.2) is 25.8 Å². The Hall–Kier alpha value is -2.23. The second kappa shape index (κ2) is 6.04.